The Labute approximate surface area is 106 Å². The lowest BCUT2D eigenvalue weighted by molar-refractivity contribution is -0.137. The van der Waals surface area contributed by atoms with Gasteiger partial charge in [0.25, 0.3) is 0 Å². The first-order chi connectivity index (χ1) is 8.91. The van der Waals surface area contributed by atoms with Crippen LogP contribution in [0.5, 0.6) is 0 Å². The van der Waals surface area contributed by atoms with Gasteiger partial charge in [-0.05, 0) is 18.2 Å². The first kappa shape index (κ1) is 13.3. The summed E-state index contributed by atoms with van der Waals surface area (Å²) in [7, 11) is 1.62. The highest BCUT2D eigenvalue weighted by Crippen LogP contribution is 2.32. The van der Waals surface area contributed by atoms with Crippen molar-refractivity contribution in [3.05, 3.63) is 42.0 Å². The molecule has 2 rings (SSSR count). The zero-order valence-corrected chi connectivity index (χ0v) is 9.79. The van der Waals surface area contributed by atoms with Crippen LogP contribution in [0.1, 0.15) is 5.56 Å². The summed E-state index contributed by atoms with van der Waals surface area (Å²) >= 11 is 0. The molecule has 7 heteroatoms. The lowest BCUT2D eigenvalue weighted by Gasteiger charge is -2.09. The van der Waals surface area contributed by atoms with Crippen LogP contribution in [-0.2, 0) is 6.18 Å². The van der Waals surface area contributed by atoms with Gasteiger partial charge in [0.15, 0.2) is 0 Å². The Balaban J connectivity index is 2.46. The highest BCUT2D eigenvalue weighted by molar-refractivity contribution is 5.63. The van der Waals surface area contributed by atoms with E-state index in [1.165, 1.54) is 12.4 Å². The van der Waals surface area contributed by atoms with E-state index in [-0.39, 0.29) is 11.3 Å². The summed E-state index contributed by atoms with van der Waals surface area (Å²) in [5, 5.41) is 2.74. The number of halogens is 4. The third-order valence-electron chi connectivity index (χ3n) is 2.50. The van der Waals surface area contributed by atoms with Crippen molar-refractivity contribution in [2.45, 2.75) is 6.18 Å². The number of nitrogens with one attached hydrogen (secondary N) is 1. The molecule has 3 nitrogen and oxygen atoms in total. The Morgan fingerprint density at radius 1 is 1.11 bits per heavy atom. The molecule has 0 saturated carbocycles. The van der Waals surface area contributed by atoms with E-state index < -0.39 is 17.6 Å². The number of nitrogens with zero attached hydrogens (tertiary/aromatic N) is 2. The molecule has 0 spiro atoms. The van der Waals surface area contributed by atoms with Crippen LogP contribution in [0.25, 0.3) is 11.3 Å². The number of hydrogen-bond acceptors (Lipinski definition) is 3. The molecule has 0 unspecified atom stereocenters. The van der Waals surface area contributed by atoms with E-state index in [0.29, 0.717) is 11.9 Å². The summed E-state index contributed by atoms with van der Waals surface area (Å²) in [5.41, 5.74) is -0.825. The predicted octanol–water partition coefficient (Wildman–Crippen LogP) is 3.34. The van der Waals surface area contributed by atoms with Crippen molar-refractivity contribution < 1.29 is 17.6 Å². The molecule has 1 heterocycles. The standard InChI is InChI=1S/C12H9F4N3/c1-17-11-5-10(18-6-19-11)8-3-2-7(4-9(8)13)12(14,15)16/h2-6H,1H3,(H,17,18,19). The van der Waals surface area contributed by atoms with Crippen molar-refractivity contribution in [2.75, 3.05) is 12.4 Å². The molecular formula is C12H9F4N3. The normalized spacial score (nSPS) is 11.4. The van der Waals surface area contributed by atoms with Gasteiger partial charge in [-0.1, -0.05) is 0 Å². The first-order valence-electron chi connectivity index (χ1n) is 5.28. The van der Waals surface area contributed by atoms with Crippen molar-refractivity contribution in [3.8, 4) is 11.3 Å². The predicted molar refractivity (Wildman–Crippen MR) is 62.0 cm³/mol. The van der Waals surface area contributed by atoms with E-state index in [9.17, 15) is 17.6 Å². The average Bonchev–Trinajstić information content (AvgIpc) is 2.37. The maximum absolute atomic E-state index is 13.7. The molecule has 2 aromatic rings. The Hall–Kier alpha value is -2.18. The average molecular weight is 271 g/mol. The van der Waals surface area contributed by atoms with Crippen LogP contribution in [0.2, 0.25) is 0 Å². The van der Waals surface area contributed by atoms with Crippen LogP contribution in [0.15, 0.2) is 30.6 Å². The second kappa shape index (κ2) is 4.83. The third kappa shape index (κ3) is 2.81. The van der Waals surface area contributed by atoms with Gasteiger partial charge in [0.2, 0.25) is 0 Å². The number of aromatic nitrogens is 2. The van der Waals surface area contributed by atoms with Gasteiger partial charge in [0.1, 0.15) is 18.0 Å². The van der Waals surface area contributed by atoms with E-state index in [0.717, 1.165) is 12.1 Å². The molecule has 0 amide bonds. The van der Waals surface area contributed by atoms with E-state index >= 15 is 0 Å². The summed E-state index contributed by atoms with van der Waals surface area (Å²) in [6.07, 6.45) is -3.36. The molecule has 0 aliphatic carbocycles. The Morgan fingerprint density at radius 3 is 2.42 bits per heavy atom. The van der Waals surface area contributed by atoms with Gasteiger partial charge < -0.3 is 5.32 Å². The van der Waals surface area contributed by atoms with Crippen LogP contribution in [0.3, 0.4) is 0 Å². The van der Waals surface area contributed by atoms with Gasteiger partial charge in [0.05, 0.1) is 11.3 Å². The fourth-order valence-electron chi connectivity index (χ4n) is 1.54. The SMILES string of the molecule is CNc1cc(-c2ccc(C(F)(F)F)cc2F)ncn1. The van der Waals surface area contributed by atoms with Crippen LogP contribution in [0, 0.1) is 5.82 Å². The van der Waals surface area contributed by atoms with E-state index in [2.05, 4.69) is 15.3 Å². The fourth-order valence-corrected chi connectivity index (χ4v) is 1.54. The second-order valence-electron chi connectivity index (χ2n) is 3.73. The van der Waals surface area contributed by atoms with Crippen molar-refractivity contribution in [2.24, 2.45) is 0 Å². The molecule has 100 valence electrons. The molecule has 0 bridgehead atoms. The zero-order valence-electron chi connectivity index (χ0n) is 9.79. The van der Waals surface area contributed by atoms with Crippen molar-refractivity contribution in [3.63, 3.8) is 0 Å². The molecule has 0 aliphatic heterocycles. The smallest absolute Gasteiger partial charge is 0.373 e. The van der Waals surface area contributed by atoms with Gasteiger partial charge in [-0.15, -0.1) is 0 Å². The lowest BCUT2D eigenvalue weighted by atomic mass is 10.1. The maximum Gasteiger partial charge on any atom is 0.416 e. The summed E-state index contributed by atoms with van der Waals surface area (Å²) in [4.78, 5) is 7.68. The van der Waals surface area contributed by atoms with Crippen LogP contribution in [-0.4, -0.2) is 17.0 Å². The van der Waals surface area contributed by atoms with Crippen LogP contribution < -0.4 is 5.32 Å². The number of benzene rings is 1. The van der Waals surface area contributed by atoms with Crippen LogP contribution in [0.4, 0.5) is 23.4 Å². The largest absolute Gasteiger partial charge is 0.416 e. The summed E-state index contributed by atoms with van der Waals surface area (Å²) in [5.74, 6) is -0.528. The Morgan fingerprint density at radius 2 is 1.84 bits per heavy atom. The van der Waals surface area contributed by atoms with Crippen LogP contribution >= 0.6 is 0 Å². The number of rotatable bonds is 2. The molecule has 0 saturated heterocycles. The Bertz CT molecular complexity index is 596. The molecule has 1 N–H and O–H groups in total. The Kier molecular flexibility index (Phi) is 3.37. The van der Waals surface area contributed by atoms with E-state index in [1.54, 1.807) is 7.05 Å². The topological polar surface area (TPSA) is 37.8 Å². The molecule has 19 heavy (non-hydrogen) atoms. The molecule has 0 radical (unpaired) electrons. The van der Waals surface area contributed by atoms with E-state index in [4.69, 9.17) is 0 Å². The lowest BCUT2D eigenvalue weighted by Crippen LogP contribution is -2.05. The highest BCUT2D eigenvalue weighted by atomic mass is 19.4. The van der Waals surface area contributed by atoms with Crippen molar-refractivity contribution in [1.29, 1.82) is 0 Å². The summed E-state index contributed by atoms with van der Waals surface area (Å²) in [6, 6.07) is 3.78. The minimum absolute atomic E-state index is 0.00750. The maximum atomic E-state index is 13.7. The number of hydrogen-bond donors (Lipinski definition) is 1. The first-order valence-corrected chi connectivity index (χ1v) is 5.28. The molecule has 0 aliphatic rings. The summed E-state index contributed by atoms with van der Waals surface area (Å²) in [6.45, 7) is 0. The van der Waals surface area contributed by atoms with Gasteiger partial charge in [-0.3, -0.25) is 0 Å². The molecule has 0 atom stereocenters. The number of anilines is 1. The molecule has 1 aromatic heterocycles. The van der Waals surface area contributed by atoms with Crippen molar-refractivity contribution in [1.82, 2.24) is 9.97 Å². The number of alkyl halides is 3. The minimum Gasteiger partial charge on any atom is -0.373 e. The zero-order chi connectivity index (χ0) is 14.0. The monoisotopic (exact) mass is 271 g/mol. The molecule has 1 aromatic carbocycles. The fraction of sp³-hybridized carbons (Fsp3) is 0.167. The van der Waals surface area contributed by atoms with Gasteiger partial charge in [-0.2, -0.15) is 13.2 Å². The third-order valence-corrected chi connectivity index (χ3v) is 2.50. The van der Waals surface area contributed by atoms with E-state index in [1.807, 2.05) is 0 Å². The quantitative estimate of drug-likeness (QED) is 0.851. The highest BCUT2D eigenvalue weighted by Gasteiger charge is 2.31. The van der Waals surface area contributed by atoms with Gasteiger partial charge >= 0.3 is 6.18 Å². The summed E-state index contributed by atoms with van der Waals surface area (Å²) < 4.78 is 51.0. The molecular weight excluding hydrogens is 262 g/mol. The molecule has 0 fully saturated rings. The second-order valence-corrected chi connectivity index (χ2v) is 3.73. The van der Waals surface area contributed by atoms with Gasteiger partial charge in [-0.25, -0.2) is 14.4 Å². The minimum atomic E-state index is -4.57. The van der Waals surface area contributed by atoms with Gasteiger partial charge in [0, 0.05) is 18.7 Å². The van der Waals surface area contributed by atoms with Crippen molar-refractivity contribution >= 4 is 5.82 Å².